The summed E-state index contributed by atoms with van der Waals surface area (Å²) in [5.74, 6) is -1.03. The SMILES string of the molecule is CC(=S)Nc1c(C(=O)O)cccc1-n1ccnn1. The zero-order chi connectivity index (χ0) is 13.1. The number of para-hydroxylation sites is 1. The van der Waals surface area contributed by atoms with Crippen LogP contribution in [0.4, 0.5) is 5.69 Å². The van der Waals surface area contributed by atoms with E-state index in [1.165, 1.54) is 16.9 Å². The lowest BCUT2D eigenvalue weighted by molar-refractivity contribution is 0.0698. The third-order valence-corrected chi connectivity index (χ3v) is 2.35. The minimum absolute atomic E-state index is 0.132. The lowest BCUT2D eigenvalue weighted by atomic mass is 10.1. The van der Waals surface area contributed by atoms with Crippen molar-refractivity contribution in [3.05, 3.63) is 36.2 Å². The molecule has 0 aliphatic heterocycles. The Morgan fingerprint density at radius 3 is 2.83 bits per heavy atom. The fourth-order valence-corrected chi connectivity index (χ4v) is 1.66. The van der Waals surface area contributed by atoms with E-state index >= 15 is 0 Å². The average molecular weight is 262 g/mol. The van der Waals surface area contributed by atoms with Crippen LogP contribution in [-0.2, 0) is 0 Å². The second-order valence-electron chi connectivity index (χ2n) is 3.53. The van der Waals surface area contributed by atoms with Gasteiger partial charge in [0.25, 0.3) is 0 Å². The van der Waals surface area contributed by atoms with E-state index in [0.29, 0.717) is 16.4 Å². The van der Waals surface area contributed by atoms with Gasteiger partial charge in [0.05, 0.1) is 34.3 Å². The van der Waals surface area contributed by atoms with E-state index < -0.39 is 5.97 Å². The molecule has 0 saturated heterocycles. The van der Waals surface area contributed by atoms with Crippen molar-refractivity contribution in [2.45, 2.75) is 6.92 Å². The molecule has 92 valence electrons. The molecule has 0 bridgehead atoms. The van der Waals surface area contributed by atoms with Gasteiger partial charge in [-0.1, -0.05) is 23.5 Å². The summed E-state index contributed by atoms with van der Waals surface area (Å²) < 4.78 is 1.48. The van der Waals surface area contributed by atoms with Crippen molar-refractivity contribution < 1.29 is 9.90 Å². The Kier molecular flexibility index (Phi) is 3.33. The topological polar surface area (TPSA) is 80.0 Å². The van der Waals surface area contributed by atoms with Gasteiger partial charge >= 0.3 is 5.97 Å². The predicted molar refractivity (Wildman–Crippen MR) is 70.2 cm³/mol. The van der Waals surface area contributed by atoms with E-state index in [9.17, 15) is 9.90 Å². The zero-order valence-corrected chi connectivity index (χ0v) is 10.3. The third kappa shape index (κ3) is 2.35. The second kappa shape index (κ2) is 4.92. The Morgan fingerprint density at radius 1 is 1.50 bits per heavy atom. The van der Waals surface area contributed by atoms with Crippen LogP contribution in [0.1, 0.15) is 17.3 Å². The molecular weight excluding hydrogens is 252 g/mol. The number of benzene rings is 1. The van der Waals surface area contributed by atoms with Gasteiger partial charge in [-0.15, -0.1) is 5.10 Å². The number of carbonyl (C=O) groups is 1. The molecule has 7 heteroatoms. The van der Waals surface area contributed by atoms with Gasteiger partial charge in [-0.25, -0.2) is 9.48 Å². The molecular formula is C11H10N4O2S. The number of anilines is 1. The molecule has 0 spiro atoms. The van der Waals surface area contributed by atoms with Crippen molar-refractivity contribution in [2.75, 3.05) is 5.32 Å². The molecule has 6 nitrogen and oxygen atoms in total. The Morgan fingerprint density at radius 2 is 2.28 bits per heavy atom. The van der Waals surface area contributed by atoms with Gasteiger partial charge < -0.3 is 10.4 Å². The second-order valence-corrected chi connectivity index (χ2v) is 4.15. The van der Waals surface area contributed by atoms with E-state index in [2.05, 4.69) is 15.6 Å². The van der Waals surface area contributed by atoms with Crippen molar-refractivity contribution >= 4 is 28.9 Å². The van der Waals surface area contributed by atoms with Crippen LogP contribution in [-0.4, -0.2) is 31.1 Å². The number of nitrogens with one attached hydrogen (secondary N) is 1. The summed E-state index contributed by atoms with van der Waals surface area (Å²) >= 11 is 4.96. The van der Waals surface area contributed by atoms with E-state index in [-0.39, 0.29) is 5.56 Å². The Bertz CT molecular complexity index is 595. The molecule has 18 heavy (non-hydrogen) atoms. The highest BCUT2D eigenvalue weighted by molar-refractivity contribution is 7.80. The molecule has 0 fully saturated rings. The van der Waals surface area contributed by atoms with Crippen molar-refractivity contribution in [1.29, 1.82) is 0 Å². The standard InChI is InChI=1S/C11H10N4O2S/c1-7(18)13-10-8(11(16)17)3-2-4-9(10)15-6-5-12-14-15/h2-6H,1H3,(H,13,18)(H,16,17). The van der Waals surface area contributed by atoms with E-state index in [1.54, 1.807) is 25.3 Å². The summed E-state index contributed by atoms with van der Waals surface area (Å²) in [6.45, 7) is 1.68. The maximum Gasteiger partial charge on any atom is 0.337 e. The normalized spacial score (nSPS) is 10.1. The lowest BCUT2D eigenvalue weighted by Crippen LogP contribution is -2.13. The summed E-state index contributed by atoms with van der Waals surface area (Å²) in [7, 11) is 0. The van der Waals surface area contributed by atoms with Crippen molar-refractivity contribution in [3.8, 4) is 5.69 Å². The van der Waals surface area contributed by atoms with E-state index in [1.807, 2.05) is 0 Å². The first-order valence-electron chi connectivity index (χ1n) is 5.10. The van der Waals surface area contributed by atoms with Gasteiger partial charge in [0.2, 0.25) is 0 Å². The van der Waals surface area contributed by atoms with Gasteiger partial charge in [0, 0.05) is 0 Å². The van der Waals surface area contributed by atoms with Crippen LogP contribution in [0.2, 0.25) is 0 Å². The fourth-order valence-electron chi connectivity index (χ4n) is 1.55. The van der Waals surface area contributed by atoms with E-state index in [0.717, 1.165) is 0 Å². The van der Waals surface area contributed by atoms with Gasteiger partial charge in [-0.05, 0) is 19.1 Å². The average Bonchev–Trinajstić information content (AvgIpc) is 2.81. The molecule has 2 N–H and O–H groups in total. The number of hydrogen-bond acceptors (Lipinski definition) is 4. The molecule has 1 aromatic carbocycles. The highest BCUT2D eigenvalue weighted by atomic mass is 32.1. The fraction of sp³-hybridized carbons (Fsp3) is 0.0909. The maximum atomic E-state index is 11.2. The first-order valence-corrected chi connectivity index (χ1v) is 5.51. The molecule has 1 heterocycles. The summed E-state index contributed by atoms with van der Waals surface area (Å²) in [6, 6.07) is 4.88. The number of thiocarbonyl (C=S) groups is 1. The Balaban J connectivity index is 2.62. The van der Waals surface area contributed by atoms with Crippen molar-refractivity contribution in [1.82, 2.24) is 15.0 Å². The first kappa shape index (κ1) is 12.2. The highest BCUT2D eigenvalue weighted by Crippen LogP contribution is 2.24. The minimum atomic E-state index is -1.03. The van der Waals surface area contributed by atoms with Crippen LogP contribution in [0.25, 0.3) is 5.69 Å². The number of carboxylic acid groups (broad SMARTS) is 1. The summed E-state index contributed by atoms with van der Waals surface area (Å²) in [4.78, 5) is 11.7. The monoisotopic (exact) mass is 262 g/mol. The maximum absolute atomic E-state index is 11.2. The molecule has 1 aromatic heterocycles. The molecule has 0 atom stereocenters. The Hall–Kier alpha value is -2.28. The van der Waals surface area contributed by atoms with Gasteiger partial charge in [0.15, 0.2) is 0 Å². The molecule has 0 saturated carbocycles. The Labute approximate surface area is 108 Å². The van der Waals surface area contributed by atoms with Crippen LogP contribution in [0, 0.1) is 0 Å². The smallest absolute Gasteiger partial charge is 0.337 e. The summed E-state index contributed by atoms with van der Waals surface area (Å²) in [6.07, 6.45) is 3.15. The molecule has 2 rings (SSSR count). The van der Waals surface area contributed by atoms with Crippen LogP contribution in [0.5, 0.6) is 0 Å². The van der Waals surface area contributed by atoms with Crippen molar-refractivity contribution in [3.63, 3.8) is 0 Å². The minimum Gasteiger partial charge on any atom is -0.478 e. The molecule has 0 amide bonds. The largest absolute Gasteiger partial charge is 0.478 e. The third-order valence-electron chi connectivity index (χ3n) is 2.24. The van der Waals surface area contributed by atoms with Gasteiger partial charge in [0.1, 0.15) is 0 Å². The van der Waals surface area contributed by atoms with Crippen LogP contribution in [0.15, 0.2) is 30.6 Å². The first-order chi connectivity index (χ1) is 8.59. The van der Waals surface area contributed by atoms with Crippen LogP contribution < -0.4 is 5.32 Å². The summed E-state index contributed by atoms with van der Waals surface area (Å²) in [5, 5.41) is 19.6. The molecule has 0 aliphatic carbocycles. The van der Waals surface area contributed by atoms with E-state index in [4.69, 9.17) is 12.2 Å². The zero-order valence-electron chi connectivity index (χ0n) is 9.49. The number of carboxylic acids is 1. The quantitative estimate of drug-likeness (QED) is 0.820. The molecule has 0 aliphatic rings. The van der Waals surface area contributed by atoms with Gasteiger partial charge in [-0.2, -0.15) is 0 Å². The predicted octanol–water partition coefficient (Wildman–Crippen LogP) is 1.72. The lowest BCUT2D eigenvalue weighted by Gasteiger charge is -2.13. The van der Waals surface area contributed by atoms with Crippen LogP contribution in [0.3, 0.4) is 0 Å². The van der Waals surface area contributed by atoms with Crippen LogP contribution >= 0.6 is 12.2 Å². The number of hydrogen-bond donors (Lipinski definition) is 2. The van der Waals surface area contributed by atoms with Crippen molar-refractivity contribution in [2.24, 2.45) is 0 Å². The molecule has 0 radical (unpaired) electrons. The number of rotatable bonds is 3. The molecule has 2 aromatic rings. The summed E-state index contributed by atoms with van der Waals surface area (Å²) in [5.41, 5.74) is 1.12. The number of aromatic nitrogens is 3. The molecule has 0 unspecified atom stereocenters. The number of aromatic carboxylic acids is 1. The van der Waals surface area contributed by atoms with Gasteiger partial charge in [-0.3, -0.25) is 0 Å². The highest BCUT2D eigenvalue weighted by Gasteiger charge is 2.15. The number of nitrogens with zero attached hydrogens (tertiary/aromatic N) is 3.